The number of hydrogen-bond donors (Lipinski definition) is 0. The van der Waals surface area contributed by atoms with Crippen molar-refractivity contribution in [1.82, 2.24) is 9.80 Å². The van der Waals surface area contributed by atoms with E-state index in [1.165, 1.54) is 49.9 Å². The molecule has 0 radical (unpaired) electrons. The first-order chi connectivity index (χ1) is 11.6. The molecular weight excluding hydrogens is 307 g/mol. The molecule has 0 unspecified atom stereocenters. The summed E-state index contributed by atoms with van der Waals surface area (Å²) in [6.07, 6.45) is 6.80. The van der Waals surface area contributed by atoms with Crippen molar-refractivity contribution in [3.05, 3.63) is 35.6 Å². The molecule has 130 valence electrons. The van der Waals surface area contributed by atoms with Crippen molar-refractivity contribution >= 4 is 11.8 Å². The van der Waals surface area contributed by atoms with Gasteiger partial charge in [0.15, 0.2) is 0 Å². The van der Waals surface area contributed by atoms with E-state index in [2.05, 4.69) is 0 Å². The maximum atomic E-state index is 12.9. The highest BCUT2D eigenvalue weighted by Crippen LogP contribution is 2.28. The molecule has 1 aromatic carbocycles. The molecule has 2 amide bonds. The fourth-order valence-corrected chi connectivity index (χ4v) is 3.72. The van der Waals surface area contributed by atoms with Crippen LogP contribution < -0.4 is 0 Å². The molecule has 4 nitrogen and oxygen atoms in total. The molecular formula is C19H25FN2O2. The van der Waals surface area contributed by atoms with Gasteiger partial charge in [0, 0.05) is 38.2 Å². The Bertz CT molecular complexity index is 574. The maximum Gasteiger partial charge on any atom is 0.253 e. The normalized spacial score (nSPS) is 18.9. The Balaban J connectivity index is 1.45. The second-order valence-corrected chi connectivity index (χ2v) is 6.87. The largest absolute Gasteiger partial charge is 0.339 e. The summed E-state index contributed by atoms with van der Waals surface area (Å²) in [5.74, 6) is 0.517. The summed E-state index contributed by atoms with van der Waals surface area (Å²) in [7, 11) is 0. The maximum absolute atomic E-state index is 12.9. The van der Waals surface area contributed by atoms with Crippen LogP contribution in [0.2, 0.25) is 0 Å². The van der Waals surface area contributed by atoms with Gasteiger partial charge in [0.2, 0.25) is 5.91 Å². The predicted molar refractivity (Wildman–Crippen MR) is 90.1 cm³/mol. The van der Waals surface area contributed by atoms with Gasteiger partial charge in [-0.2, -0.15) is 0 Å². The minimum absolute atomic E-state index is 0.0898. The van der Waals surface area contributed by atoms with E-state index >= 15 is 0 Å². The first kappa shape index (κ1) is 16.9. The van der Waals surface area contributed by atoms with Crippen LogP contribution in [0.25, 0.3) is 0 Å². The van der Waals surface area contributed by atoms with Crippen molar-refractivity contribution in [2.75, 3.05) is 26.2 Å². The Morgan fingerprint density at radius 2 is 1.54 bits per heavy atom. The third kappa shape index (κ3) is 4.13. The van der Waals surface area contributed by atoms with Crippen molar-refractivity contribution < 1.29 is 14.0 Å². The van der Waals surface area contributed by atoms with E-state index in [1.807, 2.05) is 4.90 Å². The van der Waals surface area contributed by atoms with Gasteiger partial charge in [-0.15, -0.1) is 0 Å². The molecule has 24 heavy (non-hydrogen) atoms. The van der Waals surface area contributed by atoms with Crippen LogP contribution in [0.3, 0.4) is 0 Å². The second-order valence-electron chi connectivity index (χ2n) is 6.87. The van der Waals surface area contributed by atoms with Crippen LogP contribution in [0.5, 0.6) is 0 Å². The van der Waals surface area contributed by atoms with Crippen LogP contribution in [0.15, 0.2) is 24.3 Å². The Morgan fingerprint density at radius 1 is 0.958 bits per heavy atom. The number of piperazine rings is 1. The van der Waals surface area contributed by atoms with Crippen LogP contribution in [-0.4, -0.2) is 47.8 Å². The molecule has 0 atom stereocenters. The van der Waals surface area contributed by atoms with Crippen LogP contribution in [0.4, 0.5) is 4.39 Å². The molecule has 0 N–H and O–H groups in total. The van der Waals surface area contributed by atoms with E-state index in [0.717, 1.165) is 12.3 Å². The summed E-state index contributed by atoms with van der Waals surface area (Å²) in [6, 6.07) is 5.62. The summed E-state index contributed by atoms with van der Waals surface area (Å²) in [4.78, 5) is 28.3. The third-order valence-electron chi connectivity index (χ3n) is 5.25. The number of carbonyl (C=O) groups is 2. The summed E-state index contributed by atoms with van der Waals surface area (Å²) in [5, 5.41) is 0. The van der Waals surface area contributed by atoms with E-state index in [0.29, 0.717) is 38.2 Å². The number of rotatable bonds is 4. The lowest BCUT2D eigenvalue weighted by Gasteiger charge is -2.35. The fourth-order valence-electron chi connectivity index (χ4n) is 3.72. The Labute approximate surface area is 142 Å². The van der Waals surface area contributed by atoms with Crippen molar-refractivity contribution in [2.45, 2.75) is 38.5 Å². The van der Waals surface area contributed by atoms with Crippen LogP contribution >= 0.6 is 0 Å². The van der Waals surface area contributed by atoms with Gasteiger partial charge in [-0.3, -0.25) is 9.59 Å². The van der Waals surface area contributed by atoms with Gasteiger partial charge in [0.25, 0.3) is 5.91 Å². The quantitative estimate of drug-likeness (QED) is 0.850. The SMILES string of the molecule is O=C(CCC1CCCC1)N1CCN(C(=O)c2ccc(F)cc2)CC1. The third-order valence-corrected chi connectivity index (χ3v) is 5.25. The van der Waals surface area contributed by atoms with Crippen LogP contribution in [0, 0.1) is 11.7 Å². The summed E-state index contributed by atoms with van der Waals surface area (Å²) < 4.78 is 12.9. The minimum Gasteiger partial charge on any atom is -0.339 e. The Hall–Kier alpha value is -1.91. The second kappa shape index (κ2) is 7.77. The van der Waals surface area contributed by atoms with Gasteiger partial charge in [0.05, 0.1) is 0 Å². The highest BCUT2D eigenvalue weighted by atomic mass is 19.1. The van der Waals surface area contributed by atoms with E-state index in [4.69, 9.17) is 0 Å². The summed E-state index contributed by atoms with van der Waals surface area (Å²) in [5.41, 5.74) is 0.498. The first-order valence-corrected chi connectivity index (χ1v) is 8.96. The molecule has 2 aliphatic rings. The van der Waals surface area contributed by atoms with Crippen LogP contribution in [0.1, 0.15) is 48.9 Å². The zero-order chi connectivity index (χ0) is 16.9. The molecule has 0 spiro atoms. The molecule has 1 saturated heterocycles. The highest BCUT2D eigenvalue weighted by Gasteiger charge is 2.25. The molecule has 1 aliphatic heterocycles. The van der Waals surface area contributed by atoms with E-state index in [-0.39, 0.29) is 17.6 Å². The van der Waals surface area contributed by atoms with Crippen molar-refractivity contribution in [3.63, 3.8) is 0 Å². The van der Waals surface area contributed by atoms with Crippen molar-refractivity contribution in [1.29, 1.82) is 0 Å². The molecule has 0 aromatic heterocycles. The van der Waals surface area contributed by atoms with Gasteiger partial charge < -0.3 is 9.80 Å². The Kier molecular flexibility index (Phi) is 5.48. The zero-order valence-electron chi connectivity index (χ0n) is 14.0. The Morgan fingerprint density at radius 3 is 2.17 bits per heavy atom. The summed E-state index contributed by atoms with van der Waals surface area (Å²) in [6.45, 7) is 2.28. The minimum atomic E-state index is -0.343. The number of hydrogen-bond acceptors (Lipinski definition) is 2. The van der Waals surface area contributed by atoms with Gasteiger partial charge in [0.1, 0.15) is 5.82 Å². The number of carbonyl (C=O) groups excluding carboxylic acids is 2. The van der Waals surface area contributed by atoms with Gasteiger partial charge in [-0.25, -0.2) is 4.39 Å². The smallest absolute Gasteiger partial charge is 0.253 e. The average molecular weight is 332 g/mol. The van der Waals surface area contributed by atoms with Gasteiger partial charge in [-0.05, 0) is 36.6 Å². The summed E-state index contributed by atoms with van der Waals surface area (Å²) >= 11 is 0. The number of halogens is 1. The molecule has 1 aliphatic carbocycles. The monoisotopic (exact) mass is 332 g/mol. The number of benzene rings is 1. The van der Waals surface area contributed by atoms with Gasteiger partial charge in [-0.1, -0.05) is 25.7 Å². The molecule has 1 heterocycles. The van der Waals surface area contributed by atoms with E-state index < -0.39 is 0 Å². The molecule has 1 saturated carbocycles. The number of amides is 2. The number of nitrogens with zero attached hydrogens (tertiary/aromatic N) is 2. The predicted octanol–water partition coefficient (Wildman–Crippen LogP) is 3.08. The lowest BCUT2D eigenvalue weighted by Crippen LogP contribution is -2.50. The fraction of sp³-hybridized carbons (Fsp3) is 0.579. The lowest BCUT2D eigenvalue weighted by molar-refractivity contribution is -0.133. The first-order valence-electron chi connectivity index (χ1n) is 8.96. The standard InChI is InChI=1S/C19H25FN2O2/c20-17-8-6-16(7-9-17)19(24)22-13-11-21(12-14-22)18(23)10-5-15-3-1-2-4-15/h6-9,15H,1-5,10-14H2. The molecule has 5 heteroatoms. The molecule has 2 fully saturated rings. The molecule has 3 rings (SSSR count). The zero-order valence-corrected chi connectivity index (χ0v) is 14.0. The molecule has 1 aromatic rings. The van der Waals surface area contributed by atoms with Crippen LogP contribution in [-0.2, 0) is 4.79 Å². The topological polar surface area (TPSA) is 40.6 Å². The van der Waals surface area contributed by atoms with Crippen molar-refractivity contribution in [2.24, 2.45) is 5.92 Å². The van der Waals surface area contributed by atoms with Gasteiger partial charge >= 0.3 is 0 Å². The highest BCUT2D eigenvalue weighted by molar-refractivity contribution is 5.94. The molecule has 0 bridgehead atoms. The van der Waals surface area contributed by atoms with Crippen molar-refractivity contribution in [3.8, 4) is 0 Å². The lowest BCUT2D eigenvalue weighted by atomic mass is 10.0. The van der Waals surface area contributed by atoms with E-state index in [1.54, 1.807) is 4.90 Å². The average Bonchev–Trinajstić information content (AvgIpc) is 3.13. The van der Waals surface area contributed by atoms with E-state index in [9.17, 15) is 14.0 Å².